The molecule has 0 aromatic heterocycles. The van der Waals surface area contributed by atoms with E-state index in [9.17, 15) is 0 Å². The molecule has 0 aliphatic rings. The minimum absolute atomic E-state index is 0.673. The molecular formula is C30H40Cl2O2. The first-order valence-electron chi connectivity index (χ1n) is 13.3. The van der Waals surface area contributed by atoms with Crippen molar-refractivity contribution in [2.45, 2.75) is 90.9 Å². The molecule has 3 aromatic carbocycles. The highest BCUT2D eigenvalue weighted by Crippen LogP contribution is 2.47. The molecule has 0 unspecified atom stereocenters. The molecule has 0 aliphatic carbocycles. The van der Waals surface area contributed by atoms with Gasteiger partial charge in [0.15, 0.2) is 0 Å². The van der Waals surface area contributed by atoms with E-state index >= 15 is 0 Å². The Balaban J connectivity index is 1.84. The van der Waals surface area contributed by atoms with Gasteiger partial charge in [-0.25, -0.2) is 0 Å². The third-order valence-corrected chi connectivity index (χ3v) is 7.09. The molecule has 186 valence electrons. The van der Waals surface area contributed by atoms with Crippen molar-refractivity contribution in [3.05, 3.63) is 46.4 Å². The predicted molar refractivity (Wildman–Crippen MR) is 149 cm³/mol. The molecule has 0 radical (unpaired) electrons. The zero-order valence-corrected chi connectivity index (χ0v) is 22.4. The summed E-state index contributed by atoms with van der Waals surface area (Å²) in [6, 6.07) is 11.9. The van der Waals surface area contributed by atoms with Gasteiger partial charge in [0.25, 0.3) is 0 Å². The fraction of sp³-hybridized carbons (Fsp3) is 0.533. The van der Waals surface area contributed by atoms with Crippen LogP contribution in [0.1, 0.15) is 90.9 Å². The minimum Gasteiger partial charge on any atom is -0.492 e. The molecule has 3 rings (SSSR count). The van der Waals surface area contributed by atoms with Crippen LogP contribution in [0.25, 0.3) is 21.5 Å². The molecule has 4 heteroatoms. The summed E-state index contributed by atoms with van der Waals surface area (Å²) in [4.78, 5) is 0. The third-order valence-electron chi connectivity index (χ3n) is 6.46. The molecule has 3 aromatic rings. The molecule has 34 heavy (non-hydrogen) atoms. The van der Waals surface area contributed by atoms with Crippen LogP contribution in [0.2, 0.25) is 10.0 Å². The lowest BCUT2D eigenvalue weighted by molar-refractivity contribution is 0.306. The second-order valence-electron chi connectivity index (χ2n) is 9.22. The Morgan fingerprint density at radius 2 is 0.912 bits per heavy atom. The van der Waals surface area contributed by atoms with E-state index in [1.54, 1.807) is 0 Å². The summed E-state index contributed by atoms with van der Waals surface area (Å²) in [6.07, 6.45) is 14.7. The van der Waals surface area contributed by atoms with Gasteiger partial charge >= 0.3 is 0 Å². The maximum Gasteiger partial charge on any atom is 0.136 e. The van der Waals surface area contributed by atoms with E-state index in [1.807, 2.05) is 24.3 Å². The summed E-state index contributed by atoms with van der Waals surface area (Å²) < 4.78 is 12.8. The normalized spacial score (nSPS) is 11.4. The van der Waals surface area contributed by atoms with Crippen LogP contribution in [0.5, 0.6) is 11.5 Å². The lowest BCUT2D eigenvalue weighted by Crippen LogP contribution is -2.03. The number of unbranched alkanes of at least 4 members (excludes halogenated alkanes) is 10. The van der Waals surface area contributed by atoms with Gasteiger partial charge in [-0.3, -0.25) is 0 Å². The van der Waals surface area contributed by atoms with Gasteiger partial charge in [-0.15, -0.1) is 0 Å². The molecule has 0 atom stereocenters. The molecule has 0 saturated carbocycles. The van der Waals surface area contributed by atoms with Crippen LogP contribution in [0, 0.1) is 0 Å². The SMILES string of the molecule is CCCCCCCCOc1c2cccc(Cl)c2c(OCCCCCCCC)c2cccc(Cl)c12. The van der Waals surface area contributed by atoms with Gasteiger partial charge in [-0.2, -0.15) is 0 Å². The summed E-state index contributed by atoms with van der Waals surface area (Å²) in [5.41, 5.74) is 0. The van der Waals surface area contributed by atoms with E-state index < -0.39 is 0 Å². The summed E-state index contributed by atoms with van der Waals surface area (Å²) in [6.45, 7) is 5.84. The van der Waals surface area contributed by atoms with Crippen molar-refractivity contribution in [2.75, 3.05) is 13.2 Å². The minimum atomic E-state index is 0.673. The molecule has 0 aliphatic heterocycles. The molecule has 2 nitrogen and oxygen atoms in total. The first kappa shape index (κ1) is 27.0. The summed E-state index contributed by atoms with van der Waals surface area (Å²) in [5.74, 6) is 1.64. The van der Waals surface area contributed by atoms with Crippen LogP contribution in [-0.2, 0) is 0 Å². The molecule has 0 heterocycles. The molecule has 0 saturated heterocycles. The van der Waals surface area contributed by atoms with E-state index in [2.05, 4.69) is 26.0 Å². The largest absolute Gasteiger partial charge is 0.492 e. The van der Waals surface area contributed by atoms with E-state index in [-0.39, 0.29) is 0 Å². The topological polar surface area (TPSA) is 18.5 Å². The number of hydrogen-bond acceptors (Lipinski definition) is 2. The number of benzene rings is 3. The van der Waals surface area contributed by atoms with Crippen molar-refractivity contribution < 1.29 is 9.47 Å². The second-order valence-corrected chi connectivity index (χ2v) is 10.0. The fourth-order valence-corrected chi connectivity index (χ4v) is 5.09. The highest BCUT2D eigenvalue weighted by molar-refractivity contribution is 6.40. The lowest BCUT2D eigenvalue weighted by atomic mass is 10.00. The highest BCUT2D eigenvalue weighted by atomic mass is 35.5. The molecule has 0 spiro atoms. The Bertz CT molecular complexity index is 948. The van der Waals surface area contributed by atoms with Crippen molar-refractivity contribution in [1.82, 2.24) is 0 Å². The van der Waals surface area contributed by atoms with E-state index in [4.69, 9.17) is 32.7 Å². The maximum atomic E-state index is 6.74. The van der Waals surface area contributed by atoms with Crippen molar-refractivity contribution in [3.63, 3.8) is 0 Å². The Morgan fingerprint density at radius 1 is 0.529 bits per heavy atom. The summed E-state index contributed by atoms with van der Waals surface area (Å²) in [5, 5.41) is 5.14. The van der Waals surface area contributed by atoms with Crippen molar-refractivity contribution >= 4 is 44.7 Å². The molecule has 0 fully saturated rings. The Kier molecular flexibility index (Phi) is 11.6. The van der Waals surface area contributed by atoms with Crippen molar-refractivity contribution in [1.29, 1.82) is 0 Å². The van der Waals surface area contributed by atoms with Gasteiger partial charge in [0.05, 0.1) is 23.3 Å². The summed E-state index contributed by atoms with van der Waals surface area (Å²) in [7, 11) is 0. The number of halogens is 2. The van der Waals surface area contributed by atoms with Crippen LogP contribution >= 0.6 is 23.2 Å². The fourth-order valence-electron chi connectivity index (χ4n) is 4.57. The first-order chi connectivity index (χ1) is 16.7. The lowest BCUT2D eigenvalue weighted by Gasteiger charge is -2.19. The third kappa shape index (κ3) is 7.18. The molecule has 0 bridgehead atoms. The highest BCUT2D eigenvalue weighted by Gasteiger charge is 2.20. The van der Waals surface area contributed by atoms with Crippen LogP contribution < -0.4 is 9.47 Å². The molecule has 0 N–H and O–H groups in total. The van der Waals surface area contributed by atoms with Crippen LogP contribution in [-0.4, -0.2) is 13.2 Å². The van der Waals surface area contributed by atoms with Crippen LogP contribution in [0.15, 0.2) is 36.4 Å². The maximum absolute atomic E-state index is 6.74. The van der Waals surface area contributed by atoms with E-state index in [0.29, 0.717) is 23.3 Å². The number of ether oxygens (including phenoxy) is 2. The van der Waals surface area contributed by atoms with Gasteiger partial charge in [-0.1, -0.05) is 126 Å². The molecular weight excluding hydrogens is 463 g/mol. The Labute approximate surface area is 215 Å². The second kappa shape index (κ2) is 14.7. The number of rotatable bonds is 16. The Hall–Kier alpha value is -1.64. The standard InChI is InChI=1S/C30H40Cl2O2/c1-3-5-7-9-11-13-21-33-29-23-17-15-20-26(32)28(23)30(24-18-16-19-25(31)27(24)29)34-22-14-12-10-8-6-4-2/h15-20H,3-14,21-22H2,1-2H3. The first-order valence-corrected chi connectivity index (χ1v) is 14.0. The quantitative estimate of drug-likeness (QED) is 0.143. The monoisotopic (exact) mass is 502 g/mol. The molecule has 0 amide bonds. The van der Waals surface area contributed by atoms with Gasteiger partial charge in [0.2, 0.25) is 0 Å². The van der Waals surface area contributed by atoms with E-state index in [0.717, 1.165) is 45.9 Å². The van der Waals surface area contributed by atoms with Gasteiger partial charge in [0.1, 0.15) is 11.5 Å². The van der Waals surface area contributed by atoms with Crippen LogP contribution in [0.3, 0.4) is 0 Å². The summed E-state index contributed by atoms with van der Waals surface area (Å²) >= 11 is 13.5. The average Bonchev–Trinajstić information content (AvgIpc) is 2.84. The van der Waals surface area contributed by atoms with Gasteiger partial charge in [0, 0.05) is 21.5 Å². The Morgan fingerprint density at radius 3 is 1.32 bits per heavy atom. The number of fused-ring (bicyclic) bond motifs is 2. The number of hydrogen-bond donors (Lipinski definition) is 0. The predicted octanol–water partition coefficient (Wildman–Crippen LogP) is 10.8. The van der Waals surface area contributed by atoms with Gasteiger partial charge in [-0.05, 0) is 25.0 Å². The van der Waals surface area contributed by atoms with Gasteiger partial charge < -0.3 is 9.47 Å². The average molecular weight is 504 g/mol. The smallest absolute Gasteiger partial charge is 0.136 e. The zero-order chi connectivity index (χ0) is 24.2. The van der Waals surface area contributed by atoms with Crippen LogP contribution in [0.4, 0.5) is 0 Å². The van der Waals surface area contributed by atoms with Crippen molar-refractivity contribution in [3.8, 4) is 11.5 Å². The van der Waals surface area contributed by atoms with Crippen molar-refractivity contribution in [2.24, 2.45) is 0 Å². The zero-order valence-electron chi connectivity index (χ0n) is 20.9. The van der Waals surface area contributed by atoms with E-state index in [1.165, 1.54) is 64.2 Å².